The zero-order valence-electron chi connectivity index (χ0n) is 9.30. The Balaban J connectivity index is 2.28. The molecule has 5 heteroatoms. The zero-order valence-corrected chi connectivity index (χ0v) is 9.30. The number of ether oxygens (including phenoxy) is 1. The molecule has 1 heterocycles. The molecule has 90 valence electrons. The second kappa shape index (κ2) is 4.47. The Hall–Kier alpha value is -2.01. The van der Waals surface area contributed by atoms with Gasteiger partial charge in [-0.3, -0.25) is 0 Å². The fraction of sp³-hybridized carbons (Fsp3) is 0.250. The van der Waals surface area contributed by atoms with E-state index in [-0.39, 0.29) is 6.42 Å². The molecule has 0 aliphatic heterocycles. The third-order valence-corrected chi connectivity index (χ3v) is 2.58. The minimum atomic E-state index is -1.38. The number of methoxy groups -OCH3 is 1. The van der Waals surface area contributed by atoms with Gasteiger partial charge in [-0.2, -0.15) is 0 Å². The smallest absolute Gasteiger partial charge is 0.332 e. The number of aromatic nitrogens is 1. The van der Waals surface area contributed by atoms with Crippen molar-refractivity contribution in [1.29, 1.82) is 0 Å². The van der Waals surface area contributed by atoms with Gasteiger partial charge in [0, 0.05) is 23.7 Å². The third kappa shape index (κ3) is 2.39. The molecule has 1 atom stereocenters. The summed E-state index contributed by atoms with van der Waals surface area (Å²) in [5, 5.41) is 18.8. The minimum Gasteiger partial charge on any atom is -0.497 e. The van der Waals surface area contributed by atoms with Crippen LogP contribution in [0.2, 0.25) is 0 Å². The summed E-state index contributed by atoms with van der Waals surface area (Å²) in [5.41, 5.74) is 1.54. The number of aliphatic hydroxyl groups excluding tert-OH is 1. The van der Waals surface area contributed by atoms with Crippen molar-refractivity contribution in [3.8, 4) is 5.75 Å². The molecule has 0 fully saturated rings. The van der Waals surface area contributed by atoms with E-state index < -0.39 is 12.1 Å². The summed E-state index contributed by atoms with van der Waals surface area (Å²) in [4.78, 5) is 13.6. The maximum atomic E-state index is 10.5. The number of carboxylic acids is 1. The number of rotatable bonds is 4. The number of aromatic amines is 1. The van der Waals surface area contributed by atoms with Gasteiger partial charge in [0.15, 0.2) is 6.10 Å². The molecule has 3 N–H and O–H groups in total. The largest absolute Gasteiger partial charge is 0.497 e. The highest BCUT2D eigenvalue weighted by Crippen LogP contribution is 2.21. The first-order valence-corrected chi connectivity index (χ1v) is 5.16. The summed E-state index contributed by atoms with van der Waals surface area (Å²) in [6.07, 6.45) is -1.32. The van der Waals surface area contributed by atoms with Crippen LogP contribution in [0.3, 0.4) is 0 Å². The van der Waals surface area contributed by atoms with E-state index >= 15 is 0 Å². The summed E-state index contributed by atoms with van der Waals surface area (Å²) in [6.45, 7) is 0. The van der Waals surface area contributed by atoms with Gasteiger partial charge in [0.1, 0.15) is 5.75 Å². The second-order valence-electron chi connectivity index (χ2n) is 3.81. The first-order valence-electron chi connectivity index (χ1n) is 5.16. The van der Waals surface area contributed by atoms with E-state index in [9.17, 15) is 9.90 Å². The molecule has 1 aromatic heterocycles. The molecule has 0 saturated carbocycles. The van der Waals surface area contributed by atoms with Crippen LogP contribution in [0, 0.1) is 0 Å². The number of H-pyrrole nitrogens is 1. The number of nitrogens with one attached hydrogen (secondary N) is 1. The molecule has 2 rings (SSSR count). The standard InChI is InChI=1S/C12H13NO4/c1-17-9-3-2-7-4-8(13-10(7)6-9)5-11(14)12(15)16/h2-4,6,11,13-14H,5H2,1H3,(H,15,16). The number of hydrogen-bond donors (Lipinski definition) is 3. The van der Waals surface area contributed by atoms with Gasteiger partial charge in [-0.05, 0) is 23.6 Å². The van der Waals surface area contributed by atoms with E-state index in [4.69, 9.17) is 9.84 Å². The maximum Gasteiger partial charge on any atom is 0.332 e. The van der Waals surface area contributed by atoms with Crippen LogP contribution >= 0.6 is 0 Å². The fourth-order valence-electron chi connectivity index (χ4n) is 1.70. The zero-order chi connectivity index (χ0) is 12.4. The molecular formula is C12H13NO4. The monoisotopic (exact) mass is 235 g/mol. The number of carbonyl (C=O) groups is 1. The molecule has 0 amide bonds. The minimum absolute atomic E-state index is 0.0618. The predicted octanol–water partition coefficient (Wildman–Crippen LogP) is 1.16. The number of aliphatic carboxylic acids is 1. The van der Waals surface area contributed by atoms with Crippen LogP contribution in [0.5, 0.6) is 5.75 Å². The molecule has 0 saturated heterocycles. The van der Waals surface area contributed by atoms with Crippen LogP contribution in [-0.2, 0) is 11.2 Å². The Morgan fingerprint density at radius 1 is 1.47 bits per heavy atom. The van der Waals surface area contributed by atoms with Crippen LogP contribution in [0.4, 0.5) is 0 Å². The highest BCUT2D eigenvalue weighted by Gasteiger charge is 2.15. The van der Waals surface area contributed by atoms with Crippen LogP contribution in [0.15, 0.2) is 24.3 Å². The van der Waals surface area contributed by atoms with E-state index in [1.807, 2.05) is 24.3 Å². The van der Waals surface area contributed by atoms with Crippen LogP contribution in [0.1, 0.15) is 5.69 Å². The third-order valence-electron chi connectivity index (χ3n) is 2.58. The van der Waals surface area contributed by atoms with Crippen molar-refractivity contribution in [1.82, 2.24) is 4.98 Å². The van der Waals surface area contributed by atoms with Gasteiger partial charge >= 0.3 is 5.97 Å². The lowest BCUT2D eigenvalue weighted by molar-refractivity contribution is -0.146. The molecule has 0 spiro atoms. The van der Waals surface area contributed by atoms with Crippen molar-refractivity contribution < 1.29 is 19.7 Å². The van der Waals surface area contributed by atoms with Crippen LogP contribution < -0.4 is 4.74 Å². The Morgan fingerprint density at radius 3 is 2.88 bits per heavy atom. The van der Waals surface area contributed by atoms with Gasteiger partial charge in [0.05, 0.1) is 7.11 Å². The lowest BCUT2D eigenvalue weighted by Gasteiger charge is -2.02. The average Bonchev–Trinajstić information content (AvgIpc) is 2.69. The number of fused-ring (bicyclic) bond motifs is 1. The molecular weight excluding hydrogens is 222 g/mol. The highest BCUT2D eigenvalue weighted by molar-refractivity contribution is 5.82. The second-order valence-corrected chi connectivity index (χ2v) is 3.81. The molecule has 0 bridgehead atoms. The summed E-state index contributed by atoms with van der Waals surface area (Å²) in [6, 6.07) is 7.35. The first-order chi connectivity index (χ1) is 8.10. The first kappa shape index (κ1) is 11.5. The lowest BCUT2D eigenvalue weighted by Crippen LogP contribution is -2.22. The van der Waals surface area contributed by atoms with E-state index in [1.54, 1.807) is 7.11 Å². The molecule has 5 nitrogen and oxygen atoms in total. The van der Waals surface area contributed by atoms with Crippen molar-refractivity contribution in [3.63, 3.8) is 0 Å². The van der Waals surface area contributed by atoms with Crippen LogP contribution in [0.25, 0.3) is 10.9 Å². The van der Waals surface area contributed by atoms with Gasteiger partial charge in [-0.1, -0.05) is 0 Å². The lowest BCUT2D eigenvalue weighted by atomic mass is 10.2. The van der Waals surface area contributed by atoms with E-state index in [1.165, 1.54) is 0 Å². The van der Waals surface area contributed by atoms with E-state index in [0.29, 0.717) is 5.69 Å². The van der Waals surface area contributed by atoms with Crippen molar-refractivity contribution in [2.75, 3.05) is 7.11 Å². The number of benzene rings is 1. The Kier molecular flexibility index (Phi) is 3.01. The molecule has 0 radical (unpaired) electrons. The summed E-state index contributed by atoms with van der Waals surface area (Å²) < 4.78 is 5.09. The molecule has 0 aliphatic rings. The molecule has 1 aromatic carbocycles. The molecule has 1 unspecified atom stereocenters. The van der Waals surface area contributed by atoms with Gasteiger partial charge in [0.25, 0.3) is 0 Å². The number of hydrogen-bond acceptors (Lipinski definition) is 3. The quantitative estimate of drug-likeness (QED) is 0.742. The summed E-state index contributed by atoms with van der Waals surface area (Å²) in [7, 11) is 1.58. The number of carboxylic acid groups (broad SMARTS) is 1. The predicted molar refractivity (Wildman–Crippen MR) is 62.2 cm³/mol. The maximum absolute atomic E-state index is 10.5. The highest BCUT2D eigenvalue weighted by atomic mass is 16.5. The van der Waals surface area contributed by atoms with E-state index in [0.717, 1.165) is 16.7 Å². The fourth-order valence-corrected chi connectivity index (χ4v) is 1.70. The van der Waals surface area contributed by atoms with Crippen molar-refractivity contribution in [3.05, 3.63) is 30.0 Å². The van der Waals surface area contributed by atoms with Crippen LogP contribution in [-0.4, -0.2) is 34.4 Å². The van der Waals surface area contributed by atoms with Gasteiger partial charge < -0.3 is 19.9 Å². The van der Waals surface area contributed by atoms with Crippen molar-refractivity contribution in [2.24, 2.45) is 0 Å². The Bertz CT molecular complexity index is 546. The molecule has 2 aromatic rings. The molecule has 17 heavy (non-hydrogen) atoms. The van der Waals surface area contributed by atoms with Crippen molar-refractivity contribution in [2.45, 2.75) is 12.5 Å². The van der Waals surface area contributed by atoms with Gasteiger partial charge in [0.2, 0.25) is 0 Å². The summed E-state index contributed by atoms with van der Waals surface area (Å²) in [5.74, 6) is -0.495. The van der Waals surface area contributed by atoms with Gasteiger partial charge in [-0.25, -0.2) is 4.79 Å². The normalized spacial score (nSPS) is 12.6. The number of aliphatic hydroxyl groups is 1. The topological polar surface area (TPSA) is 82.6 Å². The molecule has 0 aliphatic carbocycles. The SMILES string of the molecule is COc1ccc2cc(CC(O)C(=O)O)[nH]c2c1. The summed E-state index contributed by atoms with van der Waals surface area (Å²) >= 11 is 0. The Labute approximate surface area is 97.6 Å². The average molecular weight is 235 g/mol. The van der Waals surface area contributed by atoms with Crippen molar-refractivity contribution >= 4 is 16.9 Å². The van der Waals surface area contributed by atoms with E-state index in [2.05, 4.69) is 4.98 Å². The Morgan fingerprint density at radius 2 is 2.24 bits per heavy atom. The van der Waals surface area contributed by atoms with Gasteiger partial charge in [-0.15, -0.1) is 0 Å².